The van der Waals surface area contributed by atoms with Gasteiger partial charge in [-0.25, -0.2) is 0 Å². The number of halogens is 1. The monoisotopic (exact) mass is 519 g/mol. The highest BCUT2D eigenvalue weighted by Gasteiger charge is 2.47. The average molecular weight is 520 g/mol. The van der Waals surface area contributed by atoms with E-state index in [4.69, 9.17) is 25.8 Å². The Morgan fingerprint density at radius 1 is 1.00 bits per heavy atom. The normalized spacial score (nSPS) is 18.4. The molecule has 1 N–H and O–H groups in total. The third kappa shape index (κ3) is 4.29. The first-order valence-corrected chi connectivity index (χ1v) is 12.1. The second-order valence-electron chi connectivity index (χ2n) is 9.93. The number of benzene rings is 3. The molecule has 2 heterocycles. The molecule has 0 bridgehead atoms. The van der Waals surface area contributed by atoms with E-state index in [9.17, 15) is 14.7 Å². The molecule has 2 aliphatic rings. The number of hydrogen-bond acceptors (Lipinski definition) is 6. The Bertz CT molecular complexity index is 1440. The molecule has 3 aromatic rings. The predicted molar refractivity (Wildman–Crippen MR) is 140 cm³/mol. The number of amides is 1. The van der Waals surface area contributed by atoms with Crippen molar-refractivity contribution >= 4 is 34.7 Å². The maximum Gasteiger partial charge on any atom is 0.300 e. The van der Waals surface area contributed by atoms with Gasteiger partial charge in [0.25, 0.3) is 11.7 Å². The van der Waals surface area contributed by atoms with Gasteiger partial charge in [0, 0.05) is 17.3 Å². The SMILES string of the molecule is COc1cc(/C(O)=C2\C(=O)C(=O)N(c3ccc4c(c3)OCO4)C2c2ccc(C(C)(C)C)cc2)ccc1Cl. The number of methoxy groups -OCH3 is 1. The largest absolute Gasteiger partial charge is 0.507 e. The van der Waals surface area contributed by atoms with Gasteiger partial charge in [-0.3, -0.25) is 14.5 Å². The van der Waals surface area contributed by atoms with Crippen molar-refractivity contribution in [3.8, 4) is 17.2 Å². The van der Waals surface area contributed by atoms with E-state index >= 15 is 0 Å². The van der Waals surface area contributed by atoms with Crippen LogP contribution in [0.4, 0.5) is 5.69 Å². The Labute approximate surface area is 219 Å². The number of anilines is 1. The van der Waals surface area contributed by atoms with Crippen LogP contribution in [0, 0.1) is 0 Å². The summed E-state index contributed by atoms with van der Waals surface area (Å²) >= 11 is 6.16. The number of aliphatic hydroxyl groups excluding tert-OH is 1. The van der Waals surface area contributed by atoms with E-state index < -0.39 is 17.7 Å². The van der Waals surface area contributed by atoms with Crippen molar-refractivity contribution in [3.05, 3.63) is 87.9 Å². The second-order valence-corrected chi connectivity index (χ2v) is 10.3. The molecule has 2 aliphatic heterocycles. The highest BCUT2D eigenvalue weighted by molar-refractivity contribution is 6.51. The summed E-state index contributed by atoms with van der Waals surface area (Å²) < 4.78 is 16.2. The van der Waals surface area contributed by atoms with Crippen LogP contribution in [0.5, 0.6) is 17.2 Å². The van der Waals surface area contributed by atoms with Crippen molar-refractivity contribution in [2.24, 2.45) is 0 Å². The van der Waals surface area contributed by atoms with E-state index in [0.29, 0.717) is 39.1 Å². The molecule has 37 heavy (non-hydrogen) atoms. The molecular weight excluding hydrogens is 494 g/mol. The van der Waals surface area contributed by atoms with Gasteiger partial charge in [0.2, 0.25) is 6.79 Å². The van der Waals surface area contributed by atoms with Crippen LogP contribution in [0.3, 0.4) is 0 Å². The van der Waals surface area contributed by atoms with Crippen molar-refractivity contribution in [2.75, 3.05) is 18.8 Å². The molecule has 0 saturated carbocycles. The Hall–Kier alpha value is -3.97. The third-order valence-corrected chi connectivity index (χ3v) is 6.91. The zero-order chi connectivity index (χ0) is 26.5. The maximum atomic E-state index is 13.5. The minimum Gasteiger partial charge on any atom is -0.507 e. The highest BCUT2D eigenvalue weighted by atomic mass is 35.5. The molecule has 1 fully saturated rings. The van der Waals surface area contributed by atoms with Crippen LogP contribution in [0.1, 0.15) is 43.5 Å². The van der Waals surface area contributed by atoms with Crippen LogP contribution in [0.2, 0.25) is 5.02 Å². The summed E-state index contributed by atoms with van der Waals surface area (Å²) in [6.07, 6.45) is 0. The molecule has 190 valence electrons. The molecule has 5 rings (SSSR count). The van der Waals surface area contributed by atoms with Crippen molar-refractivity contribution in [2.45, 2.75) is 32.2 Å². The molecule has 1 saturated heterocycles. The van der Waals surface area contributed by atoms with Gasteiger partial charge in [-0.05, 0) is 46.9 Å². The van der Waals surface area contributed by atoms with Gasteiger partial charge < -0.3 is 19.3 Å². The topological polar surface area (TPSA) is 85.3 Å². The molecule has 7 nitrogen and oxygen atoms in total. The molecule has 8 heteroatoms. The summed E-state index contributed by atoms with van der Waals surface area (Å²) in [5.41, 5.74) is 2.41. The summed E-state index contributed by atoms with van der Waals surface area (Å²) in [5.74, 6) is -0.508. The molecule has 1 unspecified atom stereocenters. The lowest BCUT2D eigenvalue weighted by Crippen LogP contribution is -2.29. The van der Waals surface area contributed by atoms with Gasteiger partial charge in [-0.1, -0.05) is 56.6 Å². The Balaban J connectivity index is 1.70. The number of rotatable bonds is 4. The summed E-state index contributed by atoms with van der Waals surface area (Å²) in [5, 5.41) is 11.7. The number of hydrogen-bond donors (Lipinski definition) is 1. The van der Waals surface area contributed by atoms with Crippen LogP contribution in [-0.4, -0.2) is 30.7 Å². The Morgan fingerprint density at radius 2 is 1.70 bits per heavy atom. The minimum absolute atomic E-state index is 0.0319. The molecule has 0 spiro atoms. The number of nitrogens with zero attached hydrogens (tertiary/aromatic N) is 1. The minimum atomic E-state index is -0.879. The molecule has 0 aromatic heterocycles. The molecule has 1 amide bonds. The van der Waals surface area contributed by atoms with E-state index in [1.807, 2.05) is 24.3 Å². The first kappa shape index (κ1) is 24.7. The molecule has 1 atom stereocenters. The zero-order valence-corrected chi connectivity index (χ0v) is 21.6. The molecular formula is C29H26ClNO6. The van der Waals surface area contributed by atoms with Crippen LogP contribution < -0.4 is 19.1 Å². The van der Waals surface area contributed by atoms with Gasteiger partial charge in [-0.15, -0.1) is 0 Å². The van der Waals surface area contributed by atoms with Crippen LogP contribution >= 0.6 is 11.6 Å². The standard InChI is InChI=1S/C29H26ClNO6/c1-29(2,3)18-8-5-16(6-9-18)25-24(26(32)17-7-11-20(30)22(13-17)35-4)27(33)28(34)31(25)19-10-12-21-23(14-19)37-15-36-21/h5-14,25,32H,15H2,1-4H3/b26-24+. The average Bonchev–Trinajstić information content (AvgIpc) is 3.45. The summed E-state index contributed by atoms with van der Waals surface area (Å²) in [6, 6.07) is 16.6. The summed E-state index contributed by atoms with van der Waals surface area (Å²) in [4.78, 5) is 28.3. The Kier molecular flexibility index (Phi) is 6.12. The van der Waals surface area contributed by atoms with E-state index in [0.717, 1.165) is 5.56 Å². The van der Waals surface area contributed by atoms with Crippen LogP contribution in [-0.2, 0) is 15.0 Å². The molecule has 0 aliphatic carbocycles. The van der Waals surface area contributed by atoms with Crippen molar-refractivity contribution in [3.63, 3.8) is 0 Å². The number of Topliss-reactive ketones (excluding diaryl/α,β-unsaturated/α-hetero) is 1. The number of carbonyl (C=O) groups excluding carboxylic acids is 2. The van der Waals surface area contributed by atoms with E-state index in [-0.39, 0.29) is 23.5 Å². The maximum absolute atomic E-state index is 13.5. The quantitative estimate of drug-likeness (QED) is 0.258. The fraction of sp³-hybridized carbons (Fsp3) is 0.241. The molecule has 0 radical (unpaired) electrons. The predicted octanol–water partition coefficient (Wildman–Crippen LogP) is 6.00. The van der Waals surface area contributed by atoms with Crippen LogP contribution in [0.15, 0.2) is 66.2 Å². The summed E-state index contributed by atoms with van der Waals surface area (Å²) in [6.45, 7) is 6.39. The van der Waals surface area contributed by atoms with Crippen molar-refractivity contribution < 1.29 is 28.9 Å². The smallest absolute Gasteiger partial charge is 0.300 e. The third-order valence-electron chi connectivity index (χ3n) is 6.60. The van der Waals surface area contributed by atoms with E-state index in [2.05, 4.69) is 20.8 Å². The zero-order valence-electron chi connectivity index (χ0n) is 20.9. The van der Waals surface area contributed by atoms with Gasteiger partial charge in [0.05, 0.1) is 23.7 Å². The number of ketones is 1. The van der Waals surface area contributed by atoms with E-state index in [1.165, 1.54) is 18.1 Å². The van der Waals surface area contributed by atoms with Gasteiger partial charge >= 0.3 is 0 Å². The lowest BCUT2D eigenvalue weighted by atomic mass is 9.85. The fourth-order valence-electron chi connectivity index (χ4n) is 4.58. The number of fused-ring (bicyclic) bond motifs is 1. The van der Waals surface area contributed by atoms with E-state index in [1.54, 1.807) is 30.3 Å². The highest BCUT2D eigenvalue weighted by Crippen LogP contribution is 2.45. The van der Waals surface area contributed by atoms with Crippen molar-refractivity contribution in [1.29, 1.82) is 0 Å². The van der Waals surface area contributed by atoms with Gasteiger partial charge in [-0.2, -0.15) is 0 Å². The first-order valence-electron chi connectivity index (χ1n) is 11.7. The Morgan fingerprint density at radius 3 is 2.38 bits per heavy atom. The fourth-order valence-corrected chi connectivity index (χ4v) is 4.77. The first-order chi connectivity index (χ1) is 17.6. The number of aliphatic hydroxyl groups is 1. The summed E-state index contributed by atoms with van der Waals surface area (Å²) in [7, 11) is 1.46. The lowest BCUT2D eigenvalue weighted by molar-refractivity contribution is -0.132. The number of ether oxygens (including phenoxy) is 3. The second kappa shape index (κ2) is 9.16. The van der Waals surface area contributed by atoms with Gasteiger partial charge in [0.1, 0.15) is 11.5 Å². The molecule has 3 aromatic carbocycles. The van der Waals surface area contributed by atoms with Crippen LogP contribution in [0.25, 0.3) is 5.76 Å². The van der Waals surface area contributed by atoms with Crippen molar-refractivity contribution in [1.82, 2.24) is 0 Å². The number of carbonyl (C=O) groups is 2. The van der Waals surface area contributed by atoms with Gasteiger partial charge in [0.15, 0.2) is 11.5 Å². The lowest BCUT2D eigenvalue weighted by Gasteiger charge is -2.26.